The Balaban J connectivity index is 2.16. The number of thiophene rings is 1. The van der Waals surface area contributed by atoms with E-state index in [0.717, 1.165) is 5.56 Å². The van der Waals surface area contributed by atoms with Crippen LogP contribution < -0.4 is 10.6 Å². The minimum atomic E-state index is -0.504. The number of rotatable bonds is 3. The van der Waals surface area contributed by atoms with Gasteiger partial charge in [0, 0.05) is 5.41 Å². The lowest BCUT2D eigenvalue weighted by Gasteiger charge is -2.16. The summed E-state index contributed by atoms with van der Waals surface area (Å²) in [6.45, 7) is 7.29. The Labute approximate surface area is 139 Å². The third-order valence-corrected chi connectivity index (χ3v) is 4.35. The predicted octanol–water partition coefficient (Wildman–Crippen LogP) is 4.00. The highest BCUT2D eigenvalue weighted by atomic mass is 32.1. The van der Waals surface area contributed by atoms with Gasteiger partial charge in [-0.3, -0.25) is 9.59 Å². The molecule has 0 spiro atoms. The van der Waals surface area contributed by atoms with Crippen molar-refractivity contribution in [3.05, 3.63) is 40.8 Å². The first-order chi connectivity index (χ1) is 10.7. The van der Waals surface area contributed by atoms with Crippen LogP contribution in [0.5, 0.6) is 5.75 Å². The van der Waals surface area contributed by atoms with Gasteiger partial charge < -0.3 is 15.7 Å². The molecule has 1 aromatic carbocycles. The van der Waals surface area contributed by atoms with Gasteiger partial charge in [0.25, 0.3) is 5.91 Å². The molecular weight excluding hydrogens is 312 g/mol. The normalized spacial score (nSPS) is 11.1. The van der Waals surface area contributed by atoms with Crippen molar-refractivity contribution < 1.29 is 14.7 Å². The van der Waals surface area contributed by atoms with Crippen molar-refractivity contribution in [1.82, 2.24) is 0 Å². The lowest BCUT2D eigenvalue weighted by Crippen LogP contribution is -2.27. The smallest absolute Gasteiger partial charge is 0.266 e. The molecule has 0 aliphatic rings. The van der Waals surface area contributed by atoms with Gasteiger partial charge >= 0.3 is 0 Å². The summed E-state index contributed by atoms with van der Waals surface area (Å²) in [6.07, 6.45) is 0. The van der Waals surface area contributed by atoms with Crippen LogP contribution in [0.1, 0.15) is 36.0 Å². The van der Waals surface area contributed by atoms with E-state index in [1.165, 1.54) is 17.4 Å². The molecule has 0 saturated carbocycles. The van der Waals surface area contributed by atoms with Gasteiger partial charge in [0.15, 0.2) is 0 Å². The number of phenolic OH excluding ortho intramolecular Hbond substituents is 1. The van der Waals surface area contributed by atoms with E-state index in [1.54, 1.807) is 24.3 Å². The molecule has 2 aromatic rings. The van der Waals surface area contributed by atoms with Crippen LogP contribution in [0.4, 0.5) is 10.7 Å². The molecule has 2 amide bonds. The standard InChI is InChI=1S/C17H20N2O3S/c1-10-9-13(19-16(22)17(2,3)4)23-14(10)15(21)18-11-7-5-6-8-12(11)20/h5-9,20H,1-4H3,(H,18,21)(H,19,22). The zero-order valence-electron chi connectivity index (χ0n) is 13.6. The fourth-order valence-corrected chi connectivity index (χ4v) is 2.79. The number of para-hydroxylation sites is 2. The van der Waals surface area contributed by atoms with Gasteiger partial charge in [-0.25, -0.2) is 0 Å². The minimum absolute atomic E-state index is 0.0105. The Bertz CT molecular complexity index is 745. The third-order valence-electron chi connectivity index (χ3n) is 3.19. The highest BCUT2D eigenvalue weighted by molar-refractivity contribution is 7.18. The van der Waals surface area contributed by atoms with Gasteiger partial charge in [-0.05, 0) is 30.7 Å². The molecule has 0 atom stereocenters. The van der Waals surface area contributed by atoms with Crippen LogP contribution in [0.2, 0.25) is 0 Å². The summed E-state index contributed by atoms with van der Waals surface area (Å²) < 4.78 is 0. The monoisotopic (exact) mass is 332 g/mol. The summed E-state index contributed by atoms with van der Waals surface area (Å²) in [6, 6.07) is 8.31. The number of hydrogen-bond donors (Lipinski definition) is 3. The molecule has 0 fully saturated rings. The number of carbonyl (C=O) groups is 2. The van der Waals surface area contributed by atoms with Crippen LogP contribution in [0.3, 0.4) is 0 Å². The van der Waals surface area contributed by atoms with Gasteiger partial charge in [0.1, 0.15) is 5.75 Å². The zero-order chi connectivity index (χ0) is 17.2. The zero-order valence-corrected chi connectivity index (χ0v) is 14.4. The van der Waals surface area contributed by atoms with Crippen LogP contribution >= 0.6 is 11.3 Å². The van der Waals surface area contributed by atoms with Gasteiger partial charge in [-0.1, -0.05) is 32.9 Å². The number of nitrogens with one attached hydrogen (secondary N) is 2. The average Bonchev–Trinajstić information content (AvgIpc) is 2.81. The predicted molar refractivity (Wildman–Crippen MR) is 93.2 cm³/mol. The van der Waals surface area contributed by atoms with E-state index in [-0.39, 0.29) is 17.6 Å². The molecule has 0 unspecified atom stereocenters. The highest BCUT2D eigenvalue weighted by Gasteiger charge is 2.23. The quantitative estimate of drug-likeness (QED) is 0.743. The summed E-state index contributed by atoms with van der Waals surface area (Å²) >= 11 is 1.21. The fourth-order valence-electron chi connectivity index (χ4n) is 1.83. The summed E-state index contributed by atoms with van der Waals surface area (Å²) in [5, 5.41) is 15.8. The Morgan fingerprint density at radius 1 is 1.13 bits per heavy atom. The first kappa shape index (κ1) is 17.0. The molecule has 0 saturated heterocycles. The highest BCUT2D eigenvalue weighted by Crippen LogP contribution is 2.30. The molecule has 3 N–H and O–H groups in total. The van der Waals surface area contributed by atoms with Crippen molar-refractivity contribution in [2.24, 2.45) is 5.41 Å². The van der Waals surface area contributed by atoms with Crippen LogP contribution in [-0.4, -0.2) is 16.9 Å². The molecule has 1 heterocycles. The second-order valence-electron chi connectivity index (χ2n) is 6.30. The number of aryl methyl sites for hydroxylation is 1. The van der Waals surface area contributed by atoms with Gasteiger partial charge in [-0.15, -0.1) is 11.3 Å². The first-order valence-corrected chi connectivity index (χ1v) is 8.01. The van der Waals surface area contributed by atoms with E-state index in [4.69, 9.17) is 0 Å². The Hall–Kier alpha value is -2.34. The molecule has 6 heteroatoms. The second kappa shape index (κ2) is 6.42. The van der Waals surface area contributed by atoms with Crippen LogP contribution in [0, 0.1) is 12.3 Å². The van der Waals surface area contributed by atoms with Crippen LogP contribution in [0.15, 0.2) is 30.3 Å². The van der Waals surface area contributed by atoms with E-state index < -0.39 is 5.41 Å². The van der Waals surface area contributed by atoms with E-state index >= 15 is 0 Å². The third kappa shape index (κ3) is 4.10. The number of carbonyl (C=O) groups excluding carboxylic acids is 2. The molecular formula is C17H20N2O3S. The Morgan fingerprint density at radius 2 is 1.78 bits per heavy atom. The fraction of sp³-hybridized carbons (Fsp3) is 0.294. The van der Waals surface area contributed by atoms with E-state index in [9.17, 15) is 14.7 Å². The maximum absolute atomic E-state index is 12.4. The van der Waals surface area contributed by atoms with Crippen molar-refractivity contribution in [1.29, 1.82) is 0 Å². The Kier molecular flexibility index (Phi) is 4.75. The maximum atomic E-state index is 12.4. The van der Waals surface area contributed by atoms with Crippen molar-refractivity contribution in [2.75, 3.05) is 10.6 Å². The summed E-state index contributed by atoms with van der Waals surface area (Å²) in [7, 11) is 0. The molecule has 0 radical (unpaired) electrons. The topological polar surface area (TPSA) is 78.4 Å². The van der Waals surface area contributed by atoms with Gasteiger partial charge in [0.05, 0.1) is 15.6 Å². The minimum Gasteiger partial charge on any atom is -0.506 e. The van der Waals surface area contributed by atoms with Crippen LogP contribution in [-0.2, 0) is 4.79 Å². The van der Waals surface area contributed by atoms with Crippen molar-refractivity contribution >= 4 is 33.8 Å². The number of aromatic hydroxyl groups is 1. The summed E-state index contributed by atoms with van der Waals surface area (Å²) in [5.41, 5.74) is 0.619. The van der Waals surface area contributed by atoms with Crippen molar-refractivity contribution in [3.63, 3.8) is 0 Å². The summed E-state index contributed by atoms with van der Waals surface area (Å²) in [5.74, 6) is -0.409. The molecule has 122 valence electrons. The lowest BCUT2D eigenvalue weighted by atomic mass is 9.96. The Morgan fingerprint density at radius 3 is 2.39 bits per heavy atom. The SMILES string of the molecule is Cc1cc(NC(=O)C(C)(C)C)sc1C(=O)Nc1ccccc1O. The van der Waals surface area contributed by atoms with E-state index in [0.29, 0.717) is 15.6 Å². The number of phenols is 1. The molecule has 5 nitrogen and oxygen atoms in total. The first-order valence-electron chi connectivity index (χ1n) is 7.19. The van der Waals surface area contributed by atoms with Crippen molar-refractivity contribution in [2.45, 2.75) is 27.7 Å². The average molecular weight is 332 g/mol. The lowest BCUT2D eigenvalue weighted by molar-refractivity contribution is -0.123. The number of benzene rings is 1. The molecule has 23 heavy (non-hydrogen) atoms. The van der Waals surface area contributed by atoms with Gasteiger partial charge in [0.2, 0.25) is 5.91 Å². The molecule has 1 aromatic heterocycles. The maximum Gasteiger partial charge on any atom is 0.266 e. The molecule has 0 aliphatic carbocycles. The summed E-state index contributed by atoms with van der Waals surface area (Å²) in [4.78, 5) is 24.9. The van der Waals surface area contributed by atoms with Crippen LogP contribution in [0.25, 0.3) is 0 Å². The second-order valence-corrected chi connectivity index (χ2v) is 7.35. The largest absolute Gasteiger partial charge is 0.506 e. The molecule has 0 aliphatic heterocycles. The van der Waals surface area contributed by atoms with E-state index in [2.05, 4.69) is 10.6 Å². The van der Waals surface area contributed by atoms with Crippen molar-refractivity contribution in [3.8, 4) is 5.75 Å². The molecule has 2 rings (SSSR count). The number of anilines is 2. The van der Waals surface area contributed by atoms with E-state index in [1.807, 2.05) is 27.7 Å². The van der Waals surface area contributed by atoms with Gasteiger partial charge in [-0.2, -0.15) is 0 Å². The molecule has 0 bridgehead atoms. The number of amides is 2. The number of hydrogen-bond acceptors (Lipinski definition) is 4.